The monoisotopic (exact) mass is 340 g/mol. The number of nitrogens with zero attached hydrogens (tertiary/aromatic N) is 4. The zero-order valence-corrected chi connectivity index (χ0v) is 14.6. The van der Waals surface area contributed by atoms with E-state index < -0.39 is 0 Å². The quantitative estimate of drug-likeness (QED) is 0.849. The molecule has 2 saturated heterocycles. The van der Waals surface area contributed by atoms with Gasteiger partial charge in [0.15, 0.2) is 0 Å². The van der Waals surface area contributed by atoms with E-state index in [2.05, 4.69) is 16.9 Å². The van der Waals surface area contributed by atoms with E-state index in [1.165, 1.54) is 12.6 Å². The van der Waals surface area contributed by atoms with Crippen molar-refractivity contribution in [1.29, 1.82) is 0 Å². The fourth-order valence-corrected chi connectivity index (χ4v) is 4.43. The Bertz CT molecular complexity index is 847. The molecule has 6 nitrogen and oxygen atoms in total. The second-order valence-corrected chi connectivity index (χ2v) is 7.16. The van der Waals surface area contributed by atoms with Gasteiger partial charge in [-0.05, 0) is 51.4 Å². The van der Waals surface area contributed by atoms with Crippen LogP contribution in [0, 0.1) is 0 Å². The van der Waals surface area contributed by atoms with E-state index in [0.29, 0.717) is 6.04 Å². The molecular formula is C19H24N4O2. The first kappa shape index (κ1) is 16.3. The van der Waals surface area contributed by atoms with E-state index in [9.17, 15) is 9.59 Å². The maximum atomic E-state index is 13.0. The molecule has 0 aliphatic carbocycles. The Balaban J connectivity index is 1.60. The number of rotatable bonds is 3. The third-order valence-corrected chi connectivity index (χ3v) is 5.69. The van der Waals surface area contributed by atoms with Gasteiger partial charge in [-0.25, -0.2) is 4.98 Å². The first-order chi connectivity index (χ1) is 12.1. The summed E-state index contributed by atoms with van der Waals surface area (Å²) in [4.78, 5) is 33.9. The lowest BCUT2D eigenvalue weighted by molar-refractivity contribution is -0.133. The third-order valence-electron chi connectivity index (χ3n) is 5.69. The van der Waals surface area contributed by atoms with Crippen molar-refractivity contribution in [3.05, 3.63) is 40.8 Å². The highest BCUT2D eigenvalue weighted by Gasteiger charge is 2.38. The van der Waals surface area contributed by atoms with Crippen LogP contribution in [0.3, 0.4) is 0 Å². The SMILES string of the molecule is CN1CCC[C@@H]1[C@@H]1CCCN1C(=O)Cn1c(=O)cnc2ccccc21. The van der Waals surface area contributed by atoms with Crippen molar-refractivity contribution in [3.63, 3.8) is 0 Å². The average molecular weight is 340 g/mol. The number of likely N-dealkylation sites (N-methyl/N-ethyl adjacent to an activating group) is 1. The molecule has 2 aliphatic rings. The molecule has 0 bridgehead atoms. The fraction of sp³-hybridized carbons (Fsp3) is 0.526. The molecule has 0 saturated carbocycles. The van der Waals surface area contributed by atoms with Crippen LogP contribution < -0.4 is 5.56 Å². The number of hydrogen-bond acceptors (Lipinski definition) is 4. The van der Waals surface area contributed by atoms with Crippen LogP contribution in [0.1, 0.15) is 25.7 Å². The normalized spacial score (nSPS) is 24.3. The Morgan fingerprint density at radius 3 is 2.72 bits per heavy atom. The molecule has 2 atom stereocenters. The molecule has 132 valence electrons. The number of carbonyl (C=O) groups excluding carboxylic acids is 1. The summed E-state index contributed by atoms with van der Waals surface area (Å²) in [5, 5.41) is 0. The van der Waals surface area contributed by atoms with Crippen LogP contribution in [0.25, 0.3) is 11.0 Å². The predicted octanol–water partition coefficient (Wildman–Crippen LogP) is 1.48. The summed E-state index contributed by atoms with van der Waals surface area (Å²) in [6, 6.07) is 8.21. The fourth-order valence-electron chi connectivity index (χ4n) is 4.43. The van der Waals surface area contributed by atoms with Crippen molar-refractivity contribution < 1.29 is 4.79 Å². The molecule has 2 aromatic rings. The summed E-state index contributed by atoms with van der Waals surface area (Å²) in [6.45, 7) is 2.00. The molecule has 3 heterocycles. The van der Waals surface area contributed by atoms with E-state index in [1.807, 2.05) is 29.2 Å². The maximum absolute atomic E-state index is 13.0. The van der Waals surface area contributed by atoms with Crippen molar-refractivity contribution in [1.82, 2.24) is 19.4 Å². The van der Waals surface area contributed by atoms with Crippen molar-refractivity contribution in [2.24, 2.45) is 0 Å². The smallest absolute Gasteiger partial charge is 0.269 e. The number of amides is 1. The van der Waals surface area contributed by atoms with Gasteiger partial charge in [0, 0.05) is 18.6 Å². The zero-order valence-electron chi connectivity index (χ0n) is 14.6. The first-order valence-corrected chi connectivity index (χ1v) is 9.09. The van der Waals surface area contributed by atoms with Gasteiger partial charge in [-0.3, -0.25) is 14.2 Å². The molecule has 0 unspecified atom stereocenters. The third kappa shape index (κ3) is 2.95. The summed E-state index contributed by atoms with van der Waals surface area (Å²) in [6.07, 6.45) is 5.78. The first-order valence-electron chi connectivity index (χ1n) is 9.09. The Labute approximate surface area is 147 Å². The van der Waals surface area contributed by atoms with Gasteiger partial charge in [0.05, 0.1) is 17.2 Å². The summed E-state index contributed by atoms with van der Waals surface area (Å²) in [5.74, 6) is 0.0428. The molecule has 2 fully saturated rings. The molecule has 0 spiro atoms. The Morgan fingerprint density at radius 1 is 1.16 bits per heavy atom. The number of benzene rings is 1. The Morgan fingerprint density at radius 2 is 1.92 bits per heavy atom. The summed E-state index contributed by atoms with van der Waals surface area (Å²) in [7, 11) is 2.15. The lowest BCUT2D eigenvalue weighted by Crippen LogP contribution is -2.48. The van der Waals surface area contributed by atoms with E-state index in [0.717, 1.165) is 43.4 Å². The molecule has 0 N–H and O–H groups in total. The van der Waals surface area contributed by atoms with Crippen LogP contribution in [0.2, 0.25) is 0 Å². The predicted molar refractivity (Wildman–Crippen MR) is 96.4 cm³/mol. The summed E-state index contributed by atoms with van der Waals surface area (Å²) in [5.41, 5.74) is 1.24. The van der Waals surface area contributed by atoms with Gasteiger partial charge in [-0.2, -0.15) is 0 Å². The lowest BCUT2D eigenvalue weighted by atomic mass is 10.0. The number of aromatic nitrogens is 2. The minimum atomic E-state index is -0.221. The van der Waals surface area contributed by atoms with Gasteiger partial charge in [0.25, 0.3) is 5.56 Å². The van der Waals surface area contributed by atoms with Crippen LogP contribution in [0.15, 0.2) is 35.3 Å². The van der Waals surface area contributed by atoms with Gasteiger partial charge in [0.1, 0.15) is 6.54 Å². The highest BCUT2D eigenvalue weighted by atomic mass is 16.2. The molecule has 1 amide bonds. The number of carbonyl (C=O) groups is 1. The molecule has 1 aromatic heterocycles. The maximum Gasteiger partial charge on any atom is 0.269 e. The van der Waals surface area contributed by atoms with Crippen molar-refractivity contribution in [3.8, 4) is 0 Å². The van der Waals surface area contributed by atoms with Crippen LogP contribution in [0.4, 0.5) is 0 Å². The van der Waals surface area contributed by atoms with Crippen LogP contribution in [-0.2, 0) is 11.3 Å². The number of fused-ring (bicyclic) bond motifs is 1. The molecule has 6 heteroatoms. The van der Waals surface area contributed by atoms with Gasteiger partial charge in [0.2, 0.25) is 5.91 Å². The standard InChI is InChI=1S/C19H24N4O2/c1-21-10-4-8-16(21)17-9-5-11-22(17)19(25)13-23-15-7-3-2-6-14(15)20-12-18(23)24/h2-3,6-7,12,16-17H,4-5,8-11,13H2,1H3/t16-,17+/m1/s1. The number of para-hydroxylation sites is 2. The van der Waals surface area contributed by atoms with Crippen molar-refractivity contribution >= 4 is 16.9 Å². The van der Waals surface area contributed by atoms with E-state index in [1.54, 1.807) is 4.57 Å². The molecule has 2 aliphatic heterocycles. The lowest BCUT2D eigenvalue weighted by Gasteiger charge is -2.33. The average Bonchev–Trinajstić information content (AvgIpc) is 3.25. The van der Waals surface area contributed by atoms with E-state index in [-0.39, 0.29) is 24.1 Å². The molecular weight excluding hydrogens is 316 g/mol. The largest absolute Gasteiger partial charge is 0.337 e. The second kappa shape index (κ2) is 6.59. The molecule has 0 radical (unpaired) electrons. The highest BCUT2D eigenvalue weighted by Crippen LogP contribution is 2.29. The van der Waals surface area contributed by atoms with Gasteiger partial charge >= 0.3 is 0 Å². The van der Waals surface area contributed by atoms with E-state index in [4.69, 9.17) is 0 Å². The summed E-state index contributed by atoms with van der Waals surface area (Å²) >= 11 is 0. The van der Waals surface area contributed by atoms with Gasteiger partial charge in [-0.1, -0.05) is 12.1 Å². The molecule has 25 heavy (non-hydrogen) atoms. The van der Waals surface area contributed by atoms with Gasteiger partial charge in [-0.15, -0.1) is 0 Å². The zero-order chi connectivity index (χ0) is 17.4. The molecule has 4 rings (SSSR count). The second-order valence-electron chi connectivity index (χ2n) is 7.16. The minimum absolute atomic E-state index is 0.0428. The van der Waals surface area contributed by atoms with Crippen LogP contribution >= 0.6 is 0 Å². The van der Waals surface area contributed by atoms with Gasteiger partial charge < -0.3 is 9.80 Å². The number of hydrogen-bond donors (Lipinski definition) is 0. The number of likely N-dealkylation sites (tertiary alicyclic amines) is 2. The Hall–Kier alpha value is -2.21. The molecule has 1 aromatic carbocycles. The van der Waals surface area contributed by atoms with Crippen LogP contribution in [0.5, 0.6) is 0 Å². The van der Waals surface area contributed by atoms with E-state index >= 15 is 0 Å². The topological polar surface area (TPSA) is 58.4 Å². The highest BCUT2D eigenvalue weighted by molar-refractivity contribution is 5.80. The summed E-state index contributed by atoms with van der Waals surface area (Å²) < 4.78 is 1.55. The minimum Gasteiger partial charge on any atom is -0.337 e. The Kier molecular flexibility index (Phi) is 4.29. The van der Waals surface area contributed by atoms with Crippen molar-refractivity contribution in [2.75, 3.05) is 20.1 Å². The van der Waals surface area contributed by atoms with Crippen molar-refractivity contribution in [2.45, 2.75) is 44.3 Å². The van der Waals surface area contributed by atoms with Crippen LogP contribution in [-0.4, -0.2) is 57.5 Å².